The predicted octanol–water partition coefficient (Wildman–Crippen LogP) is 2.03. The van der Waals surface area contributed by atoms with Crippen LogP contribution < -0.4 is 0 Å². The minimum absolute atomic E-state index is 0.0878. The van der Waals surface area contributed by atoms with E-state index in [2.05, 4.69) is 5.10 Å². The highest BCUT2D eigenvalue weighted by atomic mass is 19.1. The summed E-state index contributed by atoms with van der Waals surface area (Å²) in [5, 5.41) is 12.8. The van der Waals surface area contributed by atoms with Gasteiger partial charge in [-0.15, -0.1) is 5.10 Å². The van der Waals surface area contributed by atoms with Gasteiger partial charge < -0.3 is 9.84 Å². The van der Waals surface area contributed by atoms with Crippen molar-refractivity contribution in [2.45, 2.75) is 6.92 Å². The first-order valence-electron chi connectivity index (χ1n) is 5.45. The summed E-state index contributed by atoms with van der Waals surface area (Å²) >= 11 is 0. The number of nitrogens with zero attached hydrogens (tertiary/aromatic N) is 2. The van der Waals surface area contributed by atoms with Crippen LogP contribution in [0.3, 0.4) is 0 Å². The Labute approximate surface area is 107 Å². The maximum Gasteiger partial charge on any atom is 0.357 e. The Kier molecular flexibility index (Phi) is 3.46. The molecule has 2 rings (SSSR count). The molecule has 0 aliphatic carbocycles. The molecule has 0 aliphatic heterocycles. The molecule has 0 unspecified atom stereocenters. The highest BCUT2D eigenvalue weighted by Gasteiger charge is 2.22. The summed E-state index contributed by atoms with van der Waals surface area (Å²) in [6.07, 6.45) is 0. The van der Waals surface area contributed by atoms with Crippen molar-refractivity contribution in [2.24, 2.45) is 0 Å². The Hall–Kier alpha value is -2.44. The van der Waals surface area contributed by atoms with Crippen LogP contribution in [-0.2, 0) is 4.74 Å². The highest BCUT2D eigenvalue weighted by molar-refractivity contribution is 5.88. The number of carbonyl (C=O) groups excluding carboxylic acids is 1. The lowest BCUT2D eigenvalue weighted by Gasteiger charge is -2.08. The summed E-state index contributed by atoms with van der Waals surface area (Å²) in [4.78, 5) is 11.6. The van der Waals surface area contributed by atoms with Gasteiger partial charge in [0.2, 0.25) is 5.88 Å². The van der Waals surface area contributed by atoms with Crippen molar-refractivity contribution in [2.75, 3.05) is 6.61 Å². The maximum atomic E-state index is 13.6. The number of hydrogen-bond acceptors (Lipinski definition) is 4. The van der Waals surface area contributed by atoms with Gasteiger partial charge in [0.05, 0.1) is 6.61 Å². The molecule has 19 heavy (non-hydrogen) atoms. The number of carbonyl (C=O) groups is 1. The molecule has 0 aliphatic rings. The number of rotatable bonds is 3. The van der Waals surface area contributed by atoms with Crippen LogP contribution in [0.15, 0.2) is 24.3 Å². The van der Waals surface area contributed by atoms with Gasteiger partial charge in [-0.2, -0.15) is 0 Å². The van der Waals surface area contributed by atoms with Crippen LogP contribution in [0.5, 0.6) is 5.88 Å². The van der Waals surface area contributed by atoms with Crippen molar-refractivity contribution in [1.82, 2.24) is 9.78 Å². The van der Waals surface area contributed by atoms with Crippen molar-refractivity contribution in [1.29, 1.82) is 0 Å². The number of halogens is 2. The summed E-state index contributed by atoms with van der Waals surface area (Å²) in [5.74, 6) is -3.19. The molecule has 7 heteroatoms. The number of para-hydroxylation sites is 1. The number of esters is 1. The smallest absolute Gasteiger partial charge is 0.357 e. The van der Waals surface area contributed by atoms with E-state index in [0.29, 0.717) is 4.68 Å². The Bertz CT molecular complexity index is 605. The topological polar surface area (TPSA) is 64.3 Å². The van der Waals surface area contributed by atoms with E-state index in [0.717, 1.165) is 18.2 Å². The third kappa shape index (κ3) is 2.40. The van der Waals surface area contributed by atoms with Gasteiger partial charge in [0, 0.05) is 6.07 Å². The number of aromatic hydroxyl groups is 1. The third-order valence-corrected chi connectivity index (χ3v) is 2.33. The van der Waals surface area contributed by atoms with Gasteiger partial charge in [-0.1, -0.05) is 6.07 Å². The molecule has 1 heterocycles. The summed E-state index contributed by atoms with van der Waals surface area (Å²) in [7, 11) is 0. The van der Waals surface area contributed by atoms with E-state index in [1.165, 1.54) is 6.07 Å². The van der Waals surface area contributed by atoms with Crippen LogP contribution in [0.4, 0.5) is 8.78 Å². The number of hydrogen-bond donors (Lipinski definition) is 1. The minimum atomic E-state index is -0.909. The fourth-order valence-electron chi connectivity index (χ4n) is 1.58. The molecule has 1 aromatic carbocycles. The molecule has 0 radical (unpaired) electrons. The van der Waals surface area contributed by atoms with Crippen molar-refractivity contribution in [3.8, 4) is 11.6 Å². The lowest BCUT2D eigenvalue weighted by Crippen LogP contribution is -2.14. The molecule has 0 spiro atoms. The minimum Gasteiger partial charge on any atom is -0.492 e. The molecule has 0 saturated carbocycles. The second-order valence-electron chi connectivity index (χ2n) is 3.59. The second-order valence-corrected chi connectivity index (χ2v) is 3.59. The van der Waals surface area contributed by atoms with Crippen LogP contribution in [0.2, 0.25) is 0 Å². The molecule has 0 atom stereocenters. The van der Waals surface area contributed by atoms with E-state index < -0.39 is 29.2 Å². The average Bonchev–Trinajstić information content (AvgIpc) is 2.71. The van der Waals surface area contributed by atoms with Gasteiger partial charge >= 0.3 is 5.97 Å². The summed E-state index contributed by atoms with van der Waals surface area (Å²) in [6, 6.07) is 4.20. The van der Waals surface area contributed by atoms with E-state index in [9.17, 15) is 18.7 Å². The third-order valence-electron chi connectivity index (χ3n) is 2.33. The second kappa shape index (κ2) is 5.05. The quantitative estimate of drug-likeness (QED) is 0.865. The zero-order chi connectivity index (χ0) is 14.0. The van der Waals surface area contributed by atoms with E-state index in [-0.39, 0.29) is 12.3 Å². The van der Waals surface area contributed by atoms with Gasteiger partial charge in [-0.05, 0) is 19.1 Å². The monoisotopic (exact) mass is 268 g/mol. The summed E-state index contributed by atoms with van der Waals surface area (Å²) < 4.78 is 32.7. The SMILES string of the molecule is CCOC(=O)c1cc(O)nn1-c1c(F)cccc1F. The van der Waals surface area contributed by atoms with E-state index >= 15 is 0 Å². The number of aromatic nitrogens is 2. The Morgan fingerprint density at radius 2 is 2.05 bits per heavy atom. The summed E-state index contributed by atoms with van der Waals surface area (Å²) in [5.41, 5.74) is -0.811. The summed E-state index contributed by atoms with van der Waals surface area (Å²) in [6.45, 7) is 1.67. The lowest BCUT2D eigenvalue weighted by molar-refractivity contribution is 0.0515. The Morgan fingerprint density at radius 3 is 2.63 bits per heavy atom. The van der Waals surface area contributed by atoms with E-state index in [1.807, 2.05) is 0 Å². The standard InChI is InChI=1S/C12H10F2N2O3/c1-2-19-12(18)9-6-10(17)15-16(9)11-7(13)4-3-5-8(11)14/h3-6H,2H2,1H3,(H,15,17). The maximum absolute atomic E-state index is 13.6. The zero-order valence-electron chi connectivity index (χ0n) is 9.93. The molecule has 0 amide bonds. The largest absolute Gasteiger partial charge is 0.492 e. The first kappa shape index (κ1) is 13.0. The Morgan fingerprint density at radius 1 is 1.42 bits per heavy atom. The van der Waals surface area contributed by atoms with Crippen LogP contribution >= 0.6 is 0 Å². The number of ether oxygens (including phenoxy) is 1. The first-order chi connectivity index (χ1) is 9.04. The molecule has 1 aromatic heterocycles. The van der Waals surface area contributed by atoms with Crippen LogP contribution in [0, 0.1) is 11.6 Å². The predicted molar refractivity (Wildman–Crippen MR) is 61.1 cm³/mol. The lowest BCUT2D eigenvalue weighted by atomic mass is 10.3. The van der Waals surface area contributed by atoms with Crippen LogP contribution in [-0.4, -0.2) is 27.5 Å². The fraction of sp³-hybridized carbons (Fsp3) is 0.167. The normalized spacial score (nSPS) is 10.5. The van der Waals surface area contributed by atoms with Crippen molar-refractivity contribution in [3.05, 3.63) is 41.6 Å². The van der Waals surface area contributed by atoms with Crippen molar-refractivity contribution < 1.29 is 23.4 Å². The van der Waals surface area contributed by atoms with Crippen molar-refractivity contribution >= 4 is 5.97 Å². The van der Waals surface area contributed by atoms with E-state index in [1.54, 1.807) is 6.92 Å². The van der Waals surface area contributed by atoms with Gasteiger partial charge in [0.25, 0.3) is 0 Å². The first-order valence-corrected chi connectivity index (χ1v) is 5.45. The molecule has 0 bridgehead atoms. The zero-order valence-corrected chi connectivity index (χ0v) is 9.93. The molecule has 5 nitrogen and oxygen atoms in total. The number of benzene rings is 1. The molecular formula is C12H10F2N2O3. The molecule has 0 fully saturated rings. The Balaban J connectivity index is 2.60. The molecule has 0 saturated heterocycles. The molecule has 100 valence electrons. The van der Waals surface area contributed by atoms with Gasteiger partial charge in [0.15, 0.2) is 17.3 Å². The van der Waals surface area contributed by atoms with Crippen LogP contribution in [0.25, 0.3) is 5.69 Å². The van der Waals surface area contributed by atoms with Gasteiger partial charge in [0.1, 0.15) is 5.69 Å². The average molecular weight is 268 g/mol. The van der Waals surface area contributed by atoms with Crippen molar-refractivity contribution in [3.63, 3.8) is 0 Å². The van der Waals surface area contributed by atoms with Gasteiger partial charge in [-0.3, -0.25) is 0 Å². The molecule has 1 N–H and O–H groups in total. The van der Waals surface area contributed by atoms with Gasteiger partial charge in [-0.25, -0.2) is 18.3 Å². The fourth-order valence-corrected chi connectivity index (χ4v) is 1.58. The van der Waals surface area contributed by atoms with Crippen LogP contribution in [0.1, 0.15) is 17.4 Å². The molecular weight excluding hydrogens is 258 g/mol. The molecule has 2 aromatic rings. The highest BCUT2D eigenvalue weighted by Crippen LogP contribution is 2.22. The van der Waals surface area contributed by atoms with E-state index in [4.69, 9.17) is 4.74 Å².